The summed E-state index contributed by atoms with van der Waals surface area (Å²) < 4.78 is 6.65. The molecule has 0 radical (unpaired) electrons. The van der Waals surface area contributed by atoms with Gasteiger partial charge in [0.05, 0.1) is 13.7 Å². The van der Waals surface area contributed by atoms with Crippen LogP contribution in [-0.4, -0.2) is 28.0 Å². The number of anilines is 1. The molecular formula is C19H21N5O2. The minimum absolute atomic E-state index is 0.132. The van der Waals surface area contributed by atoms with Crippen LogP contribution in [0.15, 0.2) is 48.5 Å². The van der Waals surface area contributed by atoms with Gasteiger partial charge in [0.1, 0.15) is 5.75 Å². The Morgan fingerprint density at radius 2 is 1.92 bits per heavy atom. The first-order valence-corrected chi connectivity index (χ1v) is 8.23. The maximum Gasteiger partial charge on any atom is 0.275 e. The van der Waals surface area contributed by atoms with Crippen LogP contribution < -0.4 is 15.8 Å². The lowest BCUT2D eigenvalue weighted by molar-refractivity contribution is 0.0946. The molecule has 0 fully saturated rings. The van der Waals surface area contributed by atoms with Gasteiger partial charge in [-0.25, -0.2) is 4.68 Å². The summed E-state index contributed by atoms with van der Waals surface area (Å²) in [5.74, 6) is 0.665. The maximum absolute atomic E-state index is 12.4. The van der Waals surface area contributed by atoms with E-state index in [0.717, 1.165) is 22.4 Å². The van der Waals surface area contributed by atoms with Crippen LogP contribution in [0.4, 0.5) is 5.82 Å². The van der Waals surface area contributed by atoms with Gasteiger partial charge in [-0.3, -0.25) is 4.79 Å². The molecule has 7 nitrogen and oxygen atoms in total. The van der Waals surface area contributed by atoms with Crippen LogP contribution >= 0.6 is 0 Å². The molecule has 3 N–H and O–H groups in total. The van der Waals surface area contributed by atoms with Gasteiger partial charge in [0.25, 0.3) is 5.91 Å². The summed E-state index contributed by atoms with van der Waals surface area (Å²) in [4.78, 5) is 12.4. The first-order valence-electron chi connectivity index (χ1n) is 8.23. The van der Waals surface area contributed by atoms with Crippen molar-refractivity contribution >= 4 is 11.7 Å². The van der Waals surface area contributed by atoms with E-state index in [2.05, 4.69) is 15.6 Å². The lowest BCUT2D eigenvalue weighted by Crippen LogP contribution is -2.24. The van der Waals surface area contributed by atoms with Gasteiger partial charge in [-0.1, -0.05) is 41.6 Å². The molecule has 3 rings (SSSR count). The summed E-state index contributed by atoms with van der Waals surface area (Å²) in [5.41, 5.74) is 9.36. The average molecular weight is 351 g/mol. The molecule has 0 unspecified atom stereocenters. The van der Waals surface area contributed by atoms with Crippen LogP contribution in [0.2, 0.25) is 0 Å². The number of hydrogen-bond donors (Lipinski definition) is 2. The standard InChI is InChI=1S/C19H21N5O2/c1-13-5-3-4-6-15(13)12-24-18(20)17(22-23-24)19(25)21-11-14-7-9-16(26-2)10-8-14/h3-10H,11-12,20H2,1-2H3,(H,21,25). The van der Waals surface area contributed by atoms with E-state index in [9.17, 15) is 4.79 Å². The van der Waals surface area contributed by atoms with Crippen molar-refractivity contribution < 1.29 is 9.53 Å². The quantitative estimate of drug-likeness (QED) is 0.709. The Balaban J connectivity index is 1.66. The second kappa shape index (κ2) is 7.69. The van der Waals surface area contributed by atoms with E-state index < -0.39 is 0 Å². The summed E-state index contributed by atoms with van der Waals surface area (Å²) in [7, 11) is 1.61. The molecular weight excluding hydrogens is 330 g/mol. The molecule has 26 heavy (non-hydrogen) atoms. The van der Waals surface area contributed by atoms with E-state index in [1.165, 1.54) is 4.68 Å². The first kappa shape index (κ1) is 17.5. The largest absolute Gasteiger partial charge is 0.497 e. The van der Waals surface area contributed by atoms with Gasteiger partial charge in [0, 0.05) is 6.54 Å². The van der Waals surface area contributed by atoms with Gasteiger partial charge in [-0.05, 0) is 35.7 Å². The number of carbonyl (C=O) groups is 1. The van der Waals surface area contributed by atoms with Gasteiger partial charge in [0.15, 0.2) is 11.5 Å². The number of nitrogens with one attached hydrogen (secondary N) is 1. The molecule has 1 heterocycles. The summed E-state index contributed by atoms with van der Waals surface area (Å²) in [6.45, 7) is 2.86. The zero-order valence-electron chi connectivity index (χ0n) is 14.8. The minimum atomic E-state index is -0.352. The molecule has 3 aromatic rings. The number of amides is 1. The van der Waals surface area contributed by atoms with E-state index in [4.69, 9.17) is 10.5 Å². The van der Waals surface area contributed by atoms with Crippen LogP contribution in [0.5, 0.6) is 5.75 Å². The van der Waals surface area contributed by atoms with E-state index in [1.807, 2.05) is 55.5 Å². The van der Waals surface area contributed by atoms with E-state index in [1.54, 1.807) is 7.11 Å². The number of ether oxygens (including phenoxy) is 1. The van der Waals surface area contributed by atoms with Crippen molar-refractivity contribution in [1.29, 1.82) is 0 Å². The molecule has 2 aromatic carbocycles. The third-order valence-electron chi connectivity index (χ3n) is 4.18. The van der Waals surface area contributed by atoms with Gasteiger partial charge < -0.3 is 15.8 Å². The molecule has 0 aliphatic carbocycles. The fraction of sp³-hybridized carbons (Fsp3) is 0.211. The second-order valence-corrected chi connectivity index (χ2v) is 5.94. The number of aryl methyl sites for hydroxylation is 1. The molecule has 0 aliphatic heterocycles. The maximum atomic E-state index is 12.4. The minimum Gasteiger partial charge on any atom is -0.497 e. The molecule has 1 aromatic heterocycles. The Bertz CT molecular complexity index is 903. The first-order chi connectivity index (χ1) is 12.6. The number of nitrogen functional groups attached to an aromatic ring is 1. The van der Waals surface area contributed by atoms with Crippen LogP contribution in [0.25, 0.3) is 0 Å². The fourth-order valence-corrected chi connectivity index (χ4v) is 2.56. The van der Waals surface area contributed by atoms with Crippen LogP contribution in [0.3, 0.4) is 0 Å². The topological polar surface area (TPSA) is 95.1 Å². The highest BCUT2D eigenvalue weighted by Crippen LogP contribution is 2.14. The molecule has 0 saturated heterocycles. The lowest BCUT2D eigenvalue weighted by atomic mass is 10.1. The van der Waals surface area contributed by atoms with E-state index in [0.29, 0.717) is 13.1 Å². The monoisotopic (exact) mass is 351 g/mol. The van der Waals surface area contributed by atoms with Crippen molar-refractivity contribution in [2.45, 2.75) is 20.0 Å². The van der Waals surface area contributed by atoms with Crippen LogP contribution in [0.1, 0.15) is 27.2 Å². The third-order valence-corrected chi connectivity index (χ3v) is 4.18. The molecule has 134 valence electrons. The number of nitrogens with two attached hydrogens (primary N) is 1. The lowest BCUT2D eigenvalue weighted by Gasteiger charge is -2.07. The van der Waals surface area contributed by atoms with E-state index >= 15 is 0 Å². The van der Waals surface area contributed by atoms with Gasteiger partial charge >= 0.3 is 0 Å². The highest BCUT2D eigenvalue weighted by Gasteiger charge is 2.17. The number of carbonyl (C=O) groups excluding carboxylic acids is 1. The van der Waals surface area contributed by atoms with Crippen molar-refractivity contribution in [3.63, 3.8) is 0 Å². The number of hydrogen-bond acceptors (Lipinski definition) is 5. The molecule has 0 spiro atoms. The normalized spacial score (nSPS) is 10.5. The highest BCUT2D eigenvalue weighted by atomic mass is 16.5. The van der Waals surface area contributed by atoms with Gasteiger partial charge in [0.2, 0.25) is 0 Å². The Labute approximate surface area is 151 Å². The smallest absolute Gasteiger partial charge is 0.275 e. The SMILES string of the molecule is COc1ccc(CNC(=O)c2nnn(Cc3ccccc3C)c2N)cc1. The van der Waals surface area contributed by atoms with Crippen molar-refractivity contribution in [3.8, 4) is 5.75 Å². The predicted molar refractivity (Wildman–Crippen MR) is 98.9 cm³/mol. The zero-order valence-corrected chi connectivity index (χ0v) is 14.8. The van der Waals surface area contributed by atoms with Crippen molar-refractivity contribution in [1.82, 2.24) is 20.3 Å². The van der Waals surface area contributed by atoms with Gasteiger partial charge in [-0.2, -0.15) is 0 Å². The highest BCUT2D eigenvalue weighted by molar-refractivity contribution is 5.96. The third kappa shape index (κ3) is 3.83. The van der Waals surface area contributed by atoms with Crippen LogP contribution in [0, 0.1) is 6.92 Å². The summed E-state index contributed by atoms with van der Waals surface area (Å²) in [5, 5.41) is 10.8. The van der Waals surface area contributed by atoms with Crippen LogP contribution in [-0.2, 0) is 13.1 Å². The van der Waals surface area contributed by atoms with E-state index in [-0.39, 0.29) is 17.4 Å². The summed E-state index contributed by atoms with van der Waals surface area (Å²) in [6, 6.07) is 15.4. The Morgan fingerprint density at radius 1 is 1.19 bits per heavy atom. The van der Waals surface area contributed by atoms with Crippen molar-refractivity contribution in [3.05, 3.63) is 70.9 Å². The summed E-state index contributed by atoms with van der Waals surface area (Å²) in [6.07, 6.45) is 0. The predicted octanol–water partition coefficient (Wildman–Crippen LogP) is 2.16. The Morgan fingerprint density at radius 3 is 2.62 bits per heavy atom. The van der Waals surface area contributed by atoms with Crippen molar-refractivity contribution in [2.75, 3.05) is 12.8 Å². The molecule has 7 heteroatoms. The fourth-order valence-electron chi connectivity index (χ4n) is 2.56. The summed E-state index contributed by atoms with van der Waals surface area (Å²) >= 11 is 0. The van der Waals surface area contributed by atoms with Crippen molar-refractivity contribution in [2.24, 2.45) is 0 Å². The molecule has 0 aliphatic rings. The molecule has 1 amide bonds. The zero-order chi connectivity index (χ0) is 18.5. The molecule has 0 bridgehead atoms. The number of aromatic nitrogens is 3. The molecule has 0 atom stereocenters. The number of benzene rings is 2. The number of methoxy groups -OCH3 is 1. The Kier molecular flexibility index (Phi) is 5.17. The molecule has 0 saturated carbocycles. The number of rotatable bonds is 6. The second-order valence-electron chi connectivity index (χ2n) is 5.94. The average Bonchev–Trinajstić information content (AvgIpc) is 3.02. The van der Waals surface area contributed by atoms with Gasteiger partial charge in [-0.15, -0.1) is 5.10 Å². The Hall–Kier alpha value is -3.35. The number of nitrogens with zero attached hydrogens (tertiary/aromatic N) is 3.